The third-order valence-corrected chi connectivity index (χ3v) is 3.46. The SMILES string of the molecule is COc1nc(C(F)(F)F)ccc1-c1c(O)c(C(C)=O)cc(Cl)c1F. The molecule has 0 spiro atoms. The molecule has 1 heterocycles. The number of ketones is 1. The normalized spacial score (nSPS) is 11.5. The van der Waals surface area contributed by atoms with Gasteiger partial charge in [-0.2, -0.15) is 13.2 Å². The summed E-state index contributed by atoms with van der Waals surface area (Å²) in [5.41, 5.74) is -2.37. The molecule has 0 aliphatic heterocycles. The van der Waals surface area contributed by atoms with E-state index in [2.05, 4.69) is 4.98 Å². The number of methoxy groups -OCH3 is 1. The topological polar surface area (TPSA) is 59.4 Å². The number of nitrogens with zero attached hydrogens (tertiary/aromatic N) is 1. The first-order valence-corrected chi connectivity index (χ1v) is 6.80. The fourth-order valence-electron chi connectivity index (χ4n) is 2.07. The van der Waals surface area contributed by atoms with E-state index in [0.717, 1.165) is 26.2 Å². The van der Waals surface area contributed by atoms with Crippen LogP contribution in [0.4, 0.5) is 17.6 Å². The Bertz CT molecular complexity index is 821. The summed E-state index contributed by atoms with van der Waals surface area (Å²) in [5.74, 6) is -3.05. The monoisotopic (exact) mass is 363 g/mol. The van der Waals surface area contributed by atoms with Crippen molar-refractivity contribution in [2.24, 2.45) is 0 Å². The van der Waals surface area contributed by atoms with Gasteiger partial charge in [-0.25, -0.2) is 9.37 Å². The summed E-state index contributed by atoms with van der Waals surface area (Å²) in [7, 11) is 1.04. The Morgan fingerprint density at radius 1 is 1.33 bits per heavy atom. The van der Waals surface area contributed by atoms with Crippen molar-refractivity contribution in [1.29, 1.82) is 0 Å². The predicted molar refractivity (Wildman–Crippen MR) is 77.9 cm³/mol. The number of carbonyl (C=O) groups is 1. The summed E-state index contributed by atoms with van der Waals surface area (Å²) in [6, 6.07) is 2.42. The molecule has 0 fully saturated rings. The molecular formula is C15H10ClF4NO3. The second-order valence-electron chi connectivity index (χ2n) is 4.75. The lowest BCUT2D eigenvalue weighted by Gasteiger charge is -2.15. The number of ether oxygens (including phenoxy) is 1. The van der Waals surface area contributed by atoms with E-state index in [1.165, 1.54) is 0 Å². The molecular weight excluding hydrogens is 354 g/mol. The first kappa shape index (κ1) is 18.0. The summed E-state index contributed by atoms with van der Waals surface area (Å²) < 4.78 is 57.3. The van der Waals surface area contributed by atoms with Crippen molar-refractivity contribution < 1.29 is 32.2 Å². The summed E-state index contributed by atoms with van der Waals surface area (Å²) in [6.45, 7) is 1.12. The number of carbonyl (C=O) groups excluding carboxylic acids is 1. The molecule has 0 atom stereocenters. The number of halogens is 5. The number of hydrogen-bond acceptors (Lipinski definition) is 4. The van der Waals surface area contributed by atoms with E-state index in [-0.39, 0.29) is 11.1 Å². The molecule has 0 radical (unpaired) electrons. The fraction of sp³-hybridized carbons (Fsp3) is 0.200. The number of hydrogen-bond donors (Lipinski definition) is 1. The summed E-state index contributed by atoms with van der Waals surface area (Å²) in [5, 5.41) is 9.67. The molecule has 0 aliphatic rings. The van der Waals surface area contributed by atoms with E-state index in [1.54, 1.807) is 0 Å². The average Bonchev–Trinajstić information content (AvgIpc) is 2.50. The number of phenolic OH excluding ortho intramolecular Hbond substituents is 1. The van der Waals surface area contributed by atoms with Crippen LogP contribution in [0.15, 0.2) is 18.2 Å². The standard InChI is InChI=1S/C15H10ClF4NO3/c1-6(22)8-5-9(16)12(17)11(13(8)23)7-3-4-10(15(18,19)20)21-14(7)24-2/h3-5,23H,1-2H3. The van der Waals surface area contributed by atoms with Crippen LogP contribution in [-0.4, -0.2) is 23.0 Å². The second-order valence-corrected chi connectivity index (χ2v) is 5.16. The van der Waals surface area contributed by atoms with Crippen molar-refractivity contribution in [3.05, 3.63) is 40.3 Å². The predicted octanol–water partition coefficient (Wildman–Crippen LogP) is 4.48. The molecule has 2 aromatic rings. The Hall–Kier alpha value is -2.35. The number of Topliss-reactive ketones (excluding diaryl/α,β-unsaturated/α-hetero) is 1. The van der Waals surface area contributed by atoms with Crippen LogP contribution in [0, 0.1) is 5.82 Å². The van der Waals surface area contributed by atoms with Crippen molar-refractivity contribution in [2.45, 2.75) is 13.1 Å². The van der Waals surface area contributed by atoms with Crippen LogP contribution in [0.3, 0.4) is 0 Å². The molecule has 0 aliphatic carbocycles. The zero-order valence-corrected chi connectivity index (χ0v) is 13.1. The van der Waals surface area contributed by atoms with Gasteiger partial charge in [-0.05, 0) is 25.1 Å². The molecule has 24 heavy (non-hydrogen) atoms. The van der Waals surface area contributed by atoms with Gasteiger partial charge in [-0.15, -0.1) is 0 Å². The summed E-state index contributed by atoms with van der Waals surface area (Å²) in [6.07, 6.45) is -4.73. The van der Waals surface area contributed by atoms with Gasteiger partial charge in [0.25, 0.3) is 0 Å². The van der Waals surface area contributed by atoms with Crippen LogP contribution in [0.1, 0.15) is 23.0 Å². The van der Waals surface area contributed by atoms with Gasteiger partial charge in [-0.1, -0.05) is 11.6 Å². The molecule has 128 valence electrons. The van der Waals surface area contributed by atoms with Gasteiger partial charge in [0.15, 0.2) is 11.6 Å². The lowest BCUT2D eigenvalue weighted by molar-refractivity contribution is -0.141. The second kappa shape index (κ2) is 6.27. The number of benzene rings is 1. The maximum absolute atomic E-state index is 14.3. The molecule has 4 nitrogen and oxygen atoms in total. The Labute approximate surface area is 138 Å². The van der Waals surface area contributed by atoms with E-state index in [9.17, 15) is 27.5 Å². The largest absolute Gasteiger partial charge is 0.506 e. The van der Waals surface area contributed by atoms with E-state index in [0.29, 0.717) is 6.07 Å². The molecule has 0 unspecified atom stereocenters. The van der Waals surface area contributed by atoms with E-state index in [4.69, 9.17) is 16.3 Å². The molecule has 0 bridgehead atoms. The van der Waals surface area contributed by atoms with E-state index in [1.807, 2.05) is 0 Å². The third kappa shape index (κ3) is 3.14. The van der Waals surface area contributed by atoms with Crippen LogP contribution in [-0.2, 0) is 6.18 Å². The maximum Gasteiger partial charge on any atom is 0.433 e. The minimum atomic E-state index is -4.73. The third-order valence-electron chi connectivity index (χ3n) is 3.18. The summed E-state index contributed by atoms with van der Waals surface area (Å²) >= 11 is 5.70. The Morgan fingerprint density at radius 3 is 2.46 bits per heavy atom. The highest BCUT2D eigenvalue weighted by molar-refractivity contribution is 6.31. The molecule has 0 amide bonds. The Balaban J connectivity index is 2.79. The lowest BCUT2D eigenvalue weighted by atomic mass is 9.99. The van der Waals surface area contributed by atoms with Gasteiger partial charge in [-0.3, -0.25) is 4.79 Å². The van der Waals surface area contributed by atoms with Crippen LogP contribution in [0.25, 0.3) is 11.1 Å². The van der Waals surface area contributed by atoms with Crippen molar-refractivity contribution in [3.63, 3.8) is 0 Å². The number of rotatable bonds is 3. The number of alkyl halides is 3. The van der Waals surface area contributed by atoms with Crippen LogP contribution in [0.2, 0.25) is 5.02 Å². The van der Waals surface area contributed by atoms with Crippen molar-refractivity contribution in [1.82, 2.24) is 4.98 Å². The molecule has 0 saturated carbocycles. The number of pyridine rings is 1. The highest BCUT2D eigenvalue weighted by Crippen LogP contribution is 2.43. The zero-order valence-electron chi connectivity index (χ0n) is 12.3. The number of aromatic hydroxyl groups is 1. The number of phenols is 1. The van der Waals surface area contributed by atoms with Gasteiger partial charge in [0, 0.05) is 0 Å². The number of aromatic nitrogens is 1. The van der Waals surface area contributed by atoms with Crippen molar-refractivity contribution >= 4 is 17.4 Å². The maximum atomic E-state index is 14.3. The first-order chi connectivity index (χ1) is 11.1. The van der Waals surface area contributed by atoms with E-state index >= 15 is 0 Å². The lowest BCUT2D eigenvalue weighted by Crippen LogP contribution is -2.09. The van der Waals surface area contributed by atoms with Crippen molar-refractivity contribution in [3.8, 4) is 22.8 Å². The molecule has 0 saturated heterocycles. The Morgan fingerprint density at radius 2 is 1.96 bits per heavy atom. The molecule has 1 aromatic carbocycles. The Kier molecular flexibility index (Phi) is 4.70. The average molecular weight is 364 g/mol. The zero-order chi connectivity index (χ0) is 18.2. The minimum Gasteiger partial charge on any atom is -0.506 e. The first-order valence-electron chi connectivity index (χ1n) is 6.42. The van der Waals surface area contributed by atoms with Gasteiger partial charge in [0.2, 0.25) is 5.88 Å². The van der Waals surface area contributed by atoms with Gasteiger partial charge in [0.05, 0.1) is 28.8 Å². The quantitative estimate of drug-likeness (QED) is 0.645. The molecule has 1 N–H and O–H groups in total. The van der Waals surface area contributed by atoms with Gasteiger partial charge < -0.3 is 9.84 Å². The summed E-state index contributed by atoms with van der Waals surface area (Å²) in [4.78, 5) is 14.8. The fourth-order valence-corrected chi connectivity index (χ4v) is 2.28. The van der Waals surface area contributed by atoms with Crippen molar-refractivity contribution in [2.75, 3.05) is 7.11 Å². The molecule has 9 heteroatoms. The highest BCUT2D eigenvalue weighted by atomic mass is 35.5. The van der Waals surface area contributed by atoms with Crippen LogP contribution in [0.5, 0.6) is 11.6 Å². The molecule has 1 aromatic heterocycles. The van der Waals surface area contributed by atoms with Gasteiger partial charge in [0.1, 0.15) is 11.4 Å². The smallest absolute Gasteiger partial charge is 0.433 e. The highest BCUT2D eigenvalue weighted by Gasteiger charge is 2.34. The van der Waals surface area contributed by atoms with Crippen LogP contribution < -0.4 is 4.74 Å². The van der Waals surface area contributed by atoms with E-state index < -0.39 is 45.7 Å². The van der Waals surface area contributed by atoms with Gasteiger partial charge >= 0.3 is 6.18 Å². The molecule has 2 rings (SSSR count). The minimum absolute atomic E-state index is 0.273. The van der Waals surface area contributed by atoms with Crippen LogP contribution >= 0.6 is 11.6 Å².